The van der Waals surface area contributed by atoms with Gasteiger partial charge in [-0.3, -0.25) is 4.79 Å². The lowest BCUT2D eigenvalue weighted by Crippen LogP contribution is -2.58. The smallest absolute Gasteiger partial charge is 0.237 e. The van der Waals surface area contributed by atoms with E-state index in [-0.39, 0.29) is 11.4 Å². The van der Waals surface area contributed by atoms with Gasteiger partial charge in [0, 0.05) is 12.1 Å². The van der Waals surface area contributed by atoms with Crippen molar-refractivity contribution in [2.75, 3.05) is 20.6 Å². The fourth-order valence-electron chi connectivity index (χ4n) is 2.71. The molecule has 0 spiro atoms. The van der Waals surface area contributed by atoms with Gasteiger partial charge < -0.3 is 16.0 Å². The fraction of sp³-hybridized carbons (Fsp3) is 0.562. The van der Waals surface area contributed by atoms with Gasteiger partial charge in [-0.05, 0) is 45.3 Å². The summed E-state index contributed by atoms with van der Waals surface area (Å²) in [6, 6.07) is 9.43. The molecule has 0 bridgehead atoms. The predicted octanol–water partition coefficient (Wildman–Crippen LogP) is 1.16. The maximum Gasteiger partial charge on any atom is 0.237 e. The minimum absolute atomic E-state index is 0.0537. The van der Waals surface area contributed by atoms with Crippen LogP contribution < -0.4 is 11.1 Å². The quantitative estimate of drug-likeness (QED) is 0.819. The summed E-state index contributed by atoms with van der Waals surface area (Å²) in [4.78, 5) is 14.3. The second-order valence-electron chi connectivity index (χ2n) is 5.99. The molecule has 1 aliphatic rings. The molecule has 3 N–H and O–H groups in total. The Morgan fingerprint density at radius 2 is 2.00 bits per heavy atom. The second-order valence-corrected chi connectivity index (χ2v) is 5.99. The molecule has 0 unspecified atom stereocenters. The predicted molar refractivity (Wildman–Crippen MR) is 81.4 cm³/mol. The molecule has 0 saturated heterocycles. The summed E-state index contributed by atoms with van der Waals surface area (Å²) in [7, 11) is 4.16. The van der Waals surface area contributed by atoms with Crippen molar-refractivity contribution >= 4 is 5.91 Å². The topological polar surface area (TPSA) is 58.4 Å². The van der Waals surface area contributed by atoms with Crippen LogP contribution in [-0.2, 0) is 11.2 Å². The molecule has 1 saturated carbocycles. The summed E-state index contributed by atoms with van der Waals surface area (Å²) >= 11 is 0. The summed E-state index contributed by atoms with van der Waals surface area (Å²) in [5.74, 6) is -0.0537. The van der Waals surface area contributed by atoms with Crippen molar-refractivity contribution in [2.45, 2.75) is 37.3 Å². The fourth-order valence-corrected chi connectivity index (χ4v) is 2.71. The van der Waals surface area contributed by atoms with E-state index in [9.17, 15) is 4.79 Å². The third kappa shape index (κ3) is 3.38. The highest BCUT2D eigenvalue weighted by molar-refractivity contribution is 5.81. The van der Waals surface area contributed by atoms with Crippen molar-refractivity contribution in [3.63, 3.8) is 0 Å². The van der Waals surface area contributed by atoms with E-state index >= 15 is 0 Å². The van der Waals surface area contributed by atoms with Crippen LogP contribution in [0.15, 0.2) is 30.3 Å². The number of amides is 1. The highest BCUT2D eigenvalue weighted by atomic mass is 16.2. The number of carbonyl (C=O) groups excluding carboxylic acids is 1. The third-order valence-corrected chi connectivity index (χ3v) is 4.46. The Kier molecular flexibility index (Phi) is 4.78. The molecule has 1 amide bonds. The molecule has 1 atom stereocenters. The zero-order valence-corrected chi connectivity index (χ0v) is 12.4. The summed E-state index contributed by atoms with van der Waals surface area (Å²) in [6.07, 6.45) is 4.12. The Morgan fingerprint density at radius 3 is 2.50 bits per heavy atom. The van der Waals surface area contributed by atoms with E-state index in [0.717, 1.165) is 18.4 Å². The van der Waals surface area contributed by atoms with Gasteiger partial charge in [0.05, 0.1) is 6.04 Å². The number of hydrogen-bond donors (Lipinski definition) is 2. The highest BCUT2D eigenvalue weighted by Gasteiger charge is 2.39. The number of nitrogens with one attached hydrogen (secondary N) is 1. The Bertz CT molecular complexity index is 440. The molecule has 110 valence electrons. The number of nitrogens with zero attached hydrogens (tertiary/aromatic N) is 1. The van der Waals surface area contributed by atoms with Gasteiger partial charge in [-0.1, -0.05) is 30.3 Å². The maximum atomic E-state index is 12.1. The molecule has 2 rings (SSSR count). The van der Waals surface area contributed by atoms with Gasteiger partial charge in [0.15, 0.2) is 0 Å². The molecule has 4 nitrogen and oxygen atoms in total. The van der Waals surface area contributed by atoms with Crippen molar-refractivity contribution in [2.24, 2.45) is 5.73 Å². The lowest BCUT2D eigenvalue weighted by atomic mass is 9.75. The maximum absolute atomic E-state index is 12.1. The van der Waals surface area contributed by atoms with Crippen LogP contribution in [0.5, 0.6) is 0 Å². The van der Waals surface area contributed by atoms with Crippen molar-refractivity contribution in [3.05, 3.63) is 35.9 Å². The SMILES string of the molecule is CN(C)C1(CNC(=O)[C@H](N)Cc2ccccc2)CCC1. The van der Waals surface area contributed by atoms with Crippen LogP contribution in [0.1, 0.15) is 24.8 Å². The van der Waals surface area contributed by atoms with Gasteiger partial charge in [0.25, 0.3) is 0 Å². The van der Waals surface area contributed by atoms with Crippen molar-refractivity contribution in [1.82, 2.24) is 10.2 Å². The van der Waals surface area contributed by atoms with Gasteiger partial charge >= 0.3 is 0 Å². The molecule has 1 aliphatic carbocycles. The summed E-state index contributed by atoms with van der Waals surface area (Å²) in [5, 5.41) is 3.02. The lowest BCUT2D eigenvalue weighted by Gasteiger charge is -2.47. The van der Waals surface area contributed by atoms with Crippen LogP contribution in [0.3, 0.4) is 0 Å². The number of likely N-dealkylation sites (N-methyl/N-ethyl adjacent to an activating group) is 1. The van der Waals surface area contributed by atoms with Gasteiger partial charge in [-0.25, -0.2) is 0 Å². The summed E-state index contributed by atoms with van der Waals surface area (Å²) in [5.41, 5.74) is 7.23. The lowest BCUT2D eigenvalue weighted by molar-refractivity contribution is -0.123. The first-order valence-electron chi connectivity index (χ1n) is 7.28. The first-order valence-corrected chi connectivity index (χ1v) is 7.28. The van der Waals surface area contributed by atoms with Crippen LogP contribution in [0.2, 0.25) is 0 Å². The van der Waals surface area contributed by atoms with Gasteiger partial charge in [0.2, 0.25) is 5.91 Å². The molecule has 1 aromatic carbocycles. The molecule has 0 aromatic heterocycles. The van der Waals surface area contributed by atoms with E-state index < -0.39 is 6.04 Å². The molecule has 1 fully saturated rings. The van der Waals surface area contributed by atoms with Crippen LogP contribution >= 0.6 is 0 Å². The highest BCUT2D eigenvalue weighted by Crippen LogP contribution is 2.35. The summed E-state index contributed by atoms with van der Waals surface area (Å²) in [6.45, 7) is 0.696. The molecule has 4 heteroatoms. The number of benzene rings is 1. The van der Waals surface area contributed by atoms with E-state index in [0.29, 0.717) is 13.0 Å². The van der Waals surface area contributed by atoms with Crippen LogP contribution in [0.25, 0.3) is 0 Å². The minimum atomic E-state index is -0.475. The number of rotatable bonds is 6. The molecule has 0 aliphatic heterocycles. The zero-order valence-electron chi connectivity index (χ0n) is 12.4. The number of nitrogens with two attached hydrogens (primary N) is 1. The van der Waals surface area contributed by atoms with Crippen molar-refractivity contribution < 1.29 is 4.79 Å². The standard InChI is InChI=1S/C16H25N3O/c1-19(2)16(9-6-10-16)12-18-15(20)14(17)11-13-7-4-3-5-8-13/h3-5,7-8,14H,6,9-12,17H2,1-2H3,(H,18,20)/t14-/m1/s1. The van der Waals surface area contributed by atoms with Crippen LogP contribution in [0.4, 0.5) is 0 Å². The normalized spacial score (nSPS) is 18.4. The first kappa shape index (κ1) is 15.0. The molecular weight excluding hydrogens is 250 g/mol. The van der Waals surface area contributed by atoms with Crippen LogP contribution in [-0.4, -0.2) is 43.0 Å². The molecule has 20 heavy (non-hydrogen) atoms. The van der Waals surface area contributed by atoms with E-state index in [4.69, 9.17) is 5.73 Å². The van der Waals surface area contributed by atoms with Crippen molar-refractivity contribution in [1.29, 1.82) is 0 Å². The third-order valence-electron chi connectivity index (χ3n) is 4.46. The second kappa shape index (κ2) is 6.37. The van der Waals surface area contributed by atoms with E-state index in [2.05, 4.69) is 24.3 Å². The first-order chi connectivity index (χ1) is 9.53. The molecular formula is C16H25N3O. The largest absolute Gasteiger partial charge is 0.353 e. The average Bonchev–Trinajstić information content (AvgIpc) is 2.37. The van der Waals surface area contributed by atoms with Crippen molar-refractivity contribution in [3.8, 4) is 0 Å². The van der Waals surface area contributed by atoms with E-state index in [1.807, 2.05) is 30.3 Å². The summed E-state index contributed by atoms with van der Waals surface area (Å²) < 4.78 is 0. The van der Waals surface area contributed by atoms with Gasteiger partial charge in [-0.2, -0.15) is 0 Å². The Hall–Kier alpha value is -1.39. The van der Waals surface area contributed by atoms with E-state index in [1.165, 1.54) is 6.42 Å². The number of hydrogen-bond acceptors (Lipinski definition) is 3. The van der Waals surface area contributed by atoms with E-state index in [1.54, 1.807) is 0 Å². The minimum Gasteiger partial charge on any atom is -0.353 e. The molecule has 0 radical (unpaired) electrons. The molecule has 1 aromatic rings. The number of carbonyl (C=O) groups is 1. The molecule has 0 heterocycles. The van der Waals surface area contributed by atoms with Gasteiger partial charge in [-0.15, -0.1) is 0 Å². The Morgan fingerprint density at radius 1 is 1.35 bits per heavy atom. The van der Waals surface area contributed by atoms with Crippen LogP contribution in [0, 0.1) is 0 Å². The van der Waals surface area contributed by atoms with Gasteiger partial charge in [0.1, 0.15) is 0 Å². The average molecular weight is 275 g/mol. The zero-order chi connectivity index (χ0) is 14.6. The monoisotopic (exact) mass is 275 g/mol. The Labute approximate surface area is 121 Å². The Balaban J connectivity index is 1.82.